The average molecular weight is 264 g/mol. The fourth-order valence-electron chi connectivity index (χ4n) is 2.00. The molecular weight excluding hydrogens is 244 g/mol. The van der Waals surface area contributed by atoms with E-state index in [-0.39, 0.29) is 11.2 Å². The highest BCUT2D eigenvalue weighted by atomic mass is 32.2. The first-order valence-electron chi connectivity index (χ1n) is 6.41. The summed E-state index contributed by atoms with van der Waals surface area (Å²) in [6, 6.07) is 8.05. The molecule has 0 saturated heterocycles. The summed E-state index contributed by atoms with van der Waals surface area (Å²) in [5, 5.41) is 3.07. The first kappa shape index (κ1) is 13.4. The van der Waals surface area contributed by atoms with Crippen molar-refractivity contribution in [1.82, 2.24) is 0 Å². The molecule has 0 fully saturated rings. The van der Waals surface area contributed by atoms with Crippen molar-refractivity contribution in [1.29, 1.82) is 0 Å². The Morgan fingerprint density at radius 2 is 2.28 bits per heavy atom. The number of anilines is 1. The van der Waals surface area contributed by atoms with Crippen molar-refractivity contribution < 1.29 is 4.79 Å². The van der Waals surface area contributed by atoms with E-state index in [1.807, 2.05) is 18.2 Å². The fourth-order valence-corrected chi connectivity index (χ4v) is 3.19. The van der Waals surface area contributed by atoms with Crippen LogP contribution in [-0.4, -0.2) is 23.5 Å². The van der Waals surface area contributed by atoms with E-state index in [9.17, 15) is 4.79 Å². The molecule has 2 unspecified atom stereocenters. The Hall–Kier alpha value is -1.00. The zero-order valence-electron chi connectivity index (χ0n) is 10.7. The van der Waals surface area contributed by atoms with Gasteiger partial charge in [-0.05, 0) is 42.7 Å². The van der Waals surface area contributed by atoms with Crippen LogP contribution in [0.25, 0.3) is 0 Å². The largest absolute Gasteiger partial charge is 0.330 e. The molecule has 1 heterocycles. The number of carbonyl (C=O) groups is 1. The van der Waals surface area contributed by atoms with Crippen LogP contribution in [0.5, 0.6) is 0 Å². The van der Waals surface area contributed by atoms with Crippen molar-refractivity contribution in [3.05, 3.63) is 29.8 Å². The minimum Gasteiger partial charge on any atom is -0.330 e. The second-order valence-electron chi connectivity index (χ2n) is 4.85. The summed E-state index contributed by atoms with van der Waals surface area (Å²) in [7, 11) is 0. The molecule has 3 nitrogen and oxygen atoms in total. The van der Waals surface area contributed by atoms with Crippen molar-refractivity contribution in [3.63, 3.8) is 0 Å². The normalized spacial score (nSPS) is 20.8. The molecule has 2 atom stereocenters. The Morgan fingerprint density at radius 1 is 1.50 bits per heavy atom. The molecule has 3 N–H and O–H groups in total. The van der Waals surface area contributed by atoms with E-state index in [0.29, 0.717) is 12.5 Å². The van der Waals surface area contributed by atoms with Gasteiger partial charge >= 0.3 is 0 Å². The van der Waals surface area contributed by atoms with Gasteiger partial charge in [0.15, 0.2) is 0 Å². The third-order valence-corrected chi connectivity index (χ3v) is 4.84. The summed E-state index contributed by atoms with van der Waals surface area (Å²) in [4.78, 5) is 12.1. The van der Waals surface area contributed by atoms with Gasteiger partial charge in [0.1, 0.15) is 0 Å². The molecule has 1 amide bonds. The summed E-state index contributed by atoms with van der Waals surface area (Å²) in [5.41, 5.74) is 7.81. The highest BCUT2D eigenvalue weighted by Crippen LogP contribution is 2.27. The van der Waals surface area contributed by atoms with E-state index >= 15 is 0 Å². The van der Waals surface area contributed by atoms with Crippen molar-refractivity contribution >= 4 is 23.4 Å². The van der Waals surface area contributed by atoms with Crippen LogP contribution in [0.2, 0.25) is 0 Å². The first-order valence-corrected chi connectivity index (χ1v) is 7.46. The van der Waals surface area contributed by atoms with Gasteiger partial charge in [-0.2, -0.15) is 0 Å². The smallest absolute Gasteiger partial charge is 0.237 e. The maximum absolute atomic E-state index is 12.1. The third-order valence-electron chi connectivity index (χ3n) is 3.23. The summed E-state index contributed by atoms with van der Waals surface area (Å²) < 4.78 is 0. The molecule has 0 saturated carbocycles. The van der Waals surface area contributed by atoms with E-state index in [4.69, 9.17) is 5.73 Å². The Morgan fingerprint density at radius 3 is 3.06 bits per heavy atom. The van der Waals surface area contributed by atoms with Gasteiger partial charge in [0.25, 0.3) is 0 Å². The minimum absolute atomic E-state index is 0.0476. The Balaban J connectivity index is 1.99. The number of aryl methyl sites for hydroxylation is 1. The standard InChI is InChI=1S/C14H20N2OS/c1-10(8-15)9-18-13-7-6-11-4-2-3-5-12(11)16-14(13)17/h2-5,10,13H,6-9,15H2,1H3,(H,16,17). The highest BCUT2D eigenvalue weighted by molar-refractivity contribution is 8.00. The molecule has 2 rings (SSSR count). The zero-order valence-corrected chi connectivity index (χ0v) is 11.5. The van der Waals surface area contributed by atoms with Crippen LogP contribution in [0.1, 0.15) is 18.9 Å². The fraction of sp³-hybridized carbons (Fsp3) is 0.500. The monoisotopic (exact) mass is 264 g/mol. The lowest BCUT2D eigenvalue weighted by Gasteiger charge is -2.15. The highest BCUT2D eigenvalue weighted by Gasteiger charge is 2.23. The van der Waals surface area contributed by atoms with Crippen molar-refractivity contribution in [2.45, 2.75) is 25.0 Å². The van der Waals surface area contributed by atoms with Crippen LogP contribution in [0, 0.1) is 5.92 Å². The van der Waals surface area contributed by atoms with E-state index in [1.54, 1.807) is 11.8 Å². The average Bonchev–Trinajstić information content (AvgIpc) is 2.54. The molecule has 0 bridgehead atoms. The molecule has 18 heavy (non-hydrogen) atoms. The van der Waals surface area contributed by atoms with Gasteiger partial charge in [-0.3, -0.25) is 4.79 Å². The number of hydrogen-bond acceptors (Lipinski definition) is 3. The molecule has 0 aromatic heterocycles. The lowest BCUT2D eigenvalue weighted by molar-refractivity contribution is -0.115. The van der Waals surface area contributed by atoms with Crippen LogP contribution in [0.3, 0.4) is 0 Å². The number of para-hydroxylation sites is 1. The first-order chi connectivity index (χ1) is 8.70. The van der Waals surface area contributed by atoms with Gasteiger partial charge in [-0.15, -0.1) is 11.8 Å². The second-order valence-corrected chi connectivity index (χ2v) is 6.08. The maximum atomic E-state index is 12.1. The zero-order chi connectivity index (χ0) is 13.0. The van der Waals surface area contributed by atoms with E-state index in [2.05, 4.69) is 18.3 Å². The topological polar surface area (TPSA) is 55.1 Å². The maximum Gasteiger partial charge on any atom is 0.237 e. The molecule has 1 aliphatic heterocycles. The van der Waals surface area contributed by atoms with Gasteiger partial charge < -0.3 is 11.1 Å². The van der Waals surface area contributed by atoms with Gasteiger partial charge in [-0.25, -0.2) is 0 Å². The molecule has 0 spiro atoms. The molecule has 98 valence electrons. The number of hydrogen-bond donors (Lipinski definition) is 2. The number of thioether (sulfide) groups is 1. The van der Waals surface area contributed by atoms with E-state index < -0.39 is 0 Å². The van der Waals surface area contributed by atoms with E-state index in [1.165, 1.54) is 5.56 Å². The van der Waals surface area contributed by atoms with Crippen LogP contribution < -0.4 is 11.1 Å². The van der Waals surface area contributed by atoms with Gasteiger partial charge in [-0.1, -0.05) is 25.1 Å². The van der Waals surface area contributed by atoms with Gasteiger partial charge in [0, 0.05) is 5.69 Å². The number of benzene rings is 1. The summed E-state index contributed by atoms with van der Waals surface area (Å²) in [6.45, 7) is 2.80. The molecule has 1 aliphatic rings. The number of amides is 1. The van der Waals surface area contributed by atoms with Crippen LogP contribution in [0.15, 0.2) is 24.3 Å². The summed E-state index contributed by atoms with van der Waals surface area (Å²) >= 11 is 1.73. The minimum atomic E-state index is 0.0476. The molecule has 0 radical (unpaired) electrons. The predicted octanol–water partition coefficient (Wildman–Crippen LogP) is 2.27. The van der Waals surface area contributed by atoms with Crippen LogP contribution in [0.4, 0.5) is 5.69 Å². The van der Waals surface area contributed by atoms with Crippen molar-refractivity contribution in [2.24, 2.45) is 11.7 Å². The summed E-state index contributed by atoms with van der Waals surface area (Å²) in [6.07, 6.45) is 1.87. The molecule has 4 heteroatoms. The van der Waals surface area contributed by atoms with Crippen molar-refractivity contribution in [3.8, 4) is 0 Å². The number of fused-ring (bicyclic) bond motifs is 1. The van der Waals surface area contributed by atoms with Crippen LogP contribution in [-0.2, 0) is 11.2 Å². The number of nitrogens with one attached hydrogen (secondary N) is 1. The Bertz CT molecular complexity index is 422. The predicted molar refractivity (Wildman–Crippen MR) is 77.9 cm³/mol. The van der Waals surface area contributed by atoms with Crippen LogP contribution >= 0.6 is 11.8 Å². The quantitative estimate of drug-likeness (QED) is 0.877. The molecule has 1 aromatic carbocycles. The molecule has 1 aromatic rings. The lowest BCUT2D eigenvalue weighted by atomic mass is 10.1. The molecule has 0 aliphatic carbocycles. The van der Waals surface area contributed by atoms with Gasteiger partial charge in [0.2, 0.25) is 5.91 Å². The third kappa shape index (κ3) is 3.27. The number of rotatable bonds is 4. The summed E-state index contributed by atoms with van der Waals surface area (Å²) in [5.74, 6) is 1.55. The van der Waals surface area contributed by atoms with E-state index in [0.717, 1.165) is 24.3 Å². The van der Waals surface area contributed by atoms with Crippen molar-refractivity contribution in [2.75, 3.05) is 17.6 Å². The lowest BCUT2D eigenvalue weighted by Crippen LogP contribution is -2.25. The number of nitrogens with two attached hydrogens (primary N) is 1. The SMILES string of the molecule is CC(CN)CSC1CCc2ccccc2NC1=O. The number of carbonyl (C=O) groups excluding carboxylic acids is 1. The van der Waals surface area contributed by atoms with Gasteiger partial charge in [0.05, 0.1) is 5.25 Å². The second kappa shape index (κ2) is 6.25. The molecular formula is C14H20N2OS. The Labute approximate surface area is 113 Å². The Kier molecular flexibility index (Phi) is 4.66.